The Hall–Kier alpha value is -2.02. The number of hydrogen-bond acceptors (Lipinski definition) is 3. The van der Waals surface area contributed by atoms with Gasteiger partial charge in [-0.1, -0.05) is 25.5 Å². The molecule has 0 atom stereocenters. The quantitative estimate of drug-likeness (QED) is 0.826. The molecule has 1 aromatic carbocycles. The first-order valence-corrected chi connectivity index (χ1v) is 6.48. The molecular weight excluding hydrogens is 238 g/mol. The predicted molar refractivity (Wildman–Crippen MR) is 76.6 cm³/mol. The Morgan fingerprint density at radius 1 is 1.47 bits per heavy atom. The van der Waals surface area contributed by atoms with Gasteiger partial charge in [0, 0.05) is 18.8 Å². The van der Waals surface area contributed by atoms with Crippen molar-refractivity contribution in [1.82, 2.24) is 4.90 Å². The van der Waals surface area contributed by atoms with Crippen molar-refractivity contribution in [3.8, 4) is 6.07 Å². The van der Waals surface area contributed by atoms with Crippen LogP contribution < -0.4 is 5.73 Å². The van der Waals surface area contributed by atoms with E-state index in [9.17, 15) is 4.79 Å². The zero-order valence-electron chi connectivity index (χ0n) is 11.8. The second-order valence-corrected chi connectivity index (χ2v) is 5.14. The first-order valence-electron chi connectivity index (χ1n) is 6.48. The van der Waals surface area contributed by atoms with E-state index in [0.29, 0.717) is 36.7 Å². The zero-order chi connectivity index (χ0) is 14.4. The molecule has 0 aliphatic rings. The van der Waals surface area contributed by atoms with Crippen molar-refractivity contribution in [1.29, 1.82) is 5.26 Å². The van der Waals surface area contributed by atoms with E-state index in [2.05, 4.69) is 6.07 Å². The molecular formula is C15H21N3O. The Morgan fingerprint density at radius 2 is 2.16 bits per heavy atom. The molecule has 0 aromatic heterocycles. The molecule has 0 radical (unpaired) electrons. The molecule has 102 valence electrons. The van der Waals surface area contributed by atoms with E-state index >= 15 is 0 Å². The van der Waals surface area contributed by atoms with Crippen molar-refractivity contribution in [3.63, 3.8) is 0 Å². The SMILES string of the molecule is Cc1ccc(N)c(C(=O)N(CCC#N)CC(C)C)c1. The fourth-order valence-electron chi connectivity index (χ4n) is 1.93. The third-order valence-corrected chi connectivity index (χ3v) is 2.81. The lowest BCUT2D eigenvalue weighted by atomic mass is 10.1. The summed E-state index contributed by atoms with van der Waals surface area (Å²) in [6.07, 6.45) is 0.337. The van der Waals surface area contributed by atoms with E-state index < -0.39 is 0 Å². The maximum Gasteiger partial charge on any atom is 0.255 e. The first-order chi connectivity index (χ1) is 8.95. The van der Waals surface area contributed by atoms with Crippen LogP contribution in [0.15, 0.2) is 18.2 Å². The van der Waals surface area contributed by atoms with Crippen LogP contribution in [-0.2, 0) is 0 Å². The van der Waals surface area contributed by atoms with Crippen LogP contribution in [0.3, 0.4) is 0 Å². The summed E-state index contributed by atoms with van der Waals surface area (Å²) in [6.45, 7) is 7.10. The number of carbonyl (C=O) groups excluding carboxylic acids is 1. The minimum absolute atomic E-state index is 0.0925. The van der Waals surface area contributed by atoms with Crippen LogP contribution in [-0.4, -0.2) is 23.9 Å². The molecule has 0 unspecified atom stereocenters. The maximum atomic E-state index is 12.5. The molecule has 1 aromatic rings. The lowest BCUT2D eigenvalue weighted by molar-refractivity contribution is 0.0741. The van der Waals surface area contributed by atoms with Crippen molar-refractivity contribution in [2.75, 3.05) is 18.8 Å². The fraction of sp³-hybridized carbons (Fsp3) is 0.467. The Kier molecular flexibility index (Phi) is 5.37. The average molecular weight is 259 g/mol. The van der Waals surface area contributed by atoms with Gasteiger partial charge in [0.05, 0.1) is 18.1 Å². The molecule has 0 bridgehead atoms. The summed E-state index contributed by atoms with van der Waals surface area (Å²) in [5.41, 5.74) is 7.89. The number of benzene rings is 1. The molecule has 0 fully saturated rings. The summed E-state index contributed by atoms with van der Waals surface area (Å²) in [6, 6.07) is 7.52. The largest absolute Gasteiger partial charge is 0.398 e. The second kappa shape index (κ2) is 6.79. The summed E-state index contributed by atoms with van der Waals surface area (Å²) < 4.78 is 0. The Balaban J connectivity index is 2.97. The number of nitrogens with two attached hydrogens (primary N) is 1. The fourth-order valence-corrected chi connectivity index (χ4v) is 1.93. The molecule has 1 rings (SSSR count). The number of anilines is 1. The van der Waals surface area contributed by atoms with Crippen LogP contribution in [0.4, 0.5) is 5.69 Å². The normalized spacial score (nSPS) is 10.3. The number of amides is 1. The van der Waals surface area contributed by atoms with E-state index in [4.69, 9.17) is 11.0 Å². The smallest absolute Gasteiger partial charge is 0.255 e. The van der Waals surface area contributed by atoms with Gasteiger partial charge in [-0.15, -0.1) is 0 Å². The number of rotatable bonds is 5. The third kappa shape index (κ3) is 4.29. The first kappa shape index (κ1) is 15.0. The highest BCUT2D eigenvalue weighted by molar-refractivity contribution is 5.99. The topological polar surface area (TPSA) is 70.1 Å². The predicted octanol–water partition coefficient (Wildman–Crippen LogP) is 2.59. The van der Waals surface area contributed by atoms with Crippen LogP contribution in [0.25, 0.3) is 0 Å². The van der Waals surface area contributed by atoms with Gasteiger partial charge in [-0.05, 0) is 25.0 Å². The Bertz CT molecular complexity index is 489. The maximum absolute atomic E-state index is 12.5. The highest BCUT2D eigenvalue weighted by atomic mass is 16.2. The third-order valence-electron chi connectivity index (χ3n) is 2.81. The minimum atomic E-state index is -0.0925. The lowest BCUT2D eigenvalue weighted by Crippen LogP contribution is -2.35. The van der Waals surface area contributed by atoms with Gasteiger partial charge in [-0.2, -0.15) is 5.26 Å². The van der Waals surface area contributed by atoms with Gasteiger partial charge in [0.25, 0.3) is 5.91 Å². The molecule has 0 aliphatic heterocycles. The van der Waals surface area contributed by atoms with Crippen LogP contribution in [0.5, 0.6) is 0 Å². The van der Waals surface area contributed by atoms with Gasteiger partial charge in [0.1, 0.15) is 0 Å². The zero-order valence-corrected chi connectivity index (χ0v) is 11.8. The van der Waals surface area contributed by atoms with E-state index in [1.165, 1.54) is 0 Å². The van der Waals surface area contributed by atoms with Crippen molar-refractivity contribution in [2.45, 2.75) is 27.2 Å². The number of nitriles is 1. The second-order valence-electron chi connectivity index (χ2n) is 5.14. The molecule has 1 amide bonds. The van der Waals surface area contributed by atoms with E-state index in [1.807, 2.05) is 26.8 Å². The number of aryl methyl sites for hydroxylation is 1. The highest BCUT2D eigenvalue weighted by Gasteiger charge is 2.18. The van der Waals surface area contributed by atoms with Crippen LogP contribution in [0, 0.1) is 24.2 Å². The number of nitrogens with zero attached hydrogens (tertiary/aromatic N) is 2. The molecule has 0 spiro atoms. The Labute approximate surface area is 114 Å². The lowest BCUT2D eigenvalue weighted by Gasteiger charge is -2.24. The van der Waals surface area contributed by atoms with Crippen molar-refractivity contribution in [3.05, 3.63) is 29.3 Å². The van der Waals surface area contributed by atoms with Crippen molar-refractivity contribution < 1.29 is 4.79 Å². The standard InChI is InChI=1S/C15H21N3O/c1-11(2)10-18(8-4-7-16)15(19)13-9-12(3)5-6-14(13)17/h5-6,9,11H,4,8,10,17H2,1-3H3. The number of nitrogen functional groups attached to an aromatic ring is 1. The monoisotopic (exact) mass is 259 g/mol. The van der Waals surface area contributed by atoms with Gasteiger partial charge in [0.15, 0.2) is 0 Å². The molecule has 4 heteroatoms. The Morgan fingerprint density at radius 3 is 2.74 bits per heavy atom. The highest BCUT2D eigenvalue weighted by Crippen LogP contribution is 2.17. The van der Waals surface area contributed by atoms with Crippen LogP contribution >= 0.6 is 0 Å². The molecule has 0 saturated heterocycles. The van der Waals surface area contributed by atoms with Gasteiger partial charge in [-0.3, -0.25) is 4.79 Å². The van der Waals surface area contributed by atoms with E-state index in [0.717, 1.165) is 5.56 Å². The minimum Gasteiger partial charge on any atom is -0.398 e. The van der Waals surface area contributed by atoms with Crippen LogP contribution in [0.2, 0.25) is 0 Å². The number of hydrogen-bond donors (Lipinski definition) is 1. The summed E-state index contributed by atoms with van der Waals surface area (Å²) >= 11 is 0. The molecule has 0 aliphatic carbocycles. The summed E-state index contributed by atoms with van der Waals surface area (Å²) in [5, 5.41) is 8.69. The molecule has 0 saturated carbocycles. The van der Waals surface area contributed by atoms with Gasteiger partial charge in [0.2, 0.25) is 0 Å². The number of carbonyl (C=O) groups is 1. The van der Waals surface area contributed by atoms with Crippen molar-refractivity contribution in [2.24, 2.45) is 5.92 Å². The van der Waals surface area contributed by atoms with Crippen LogP contribution in [0.1, 0.15) is 36.2 Å². The van der Waals surface area contributed by atoms with E-state index in [1.54, 1.807) is 17.0 Å². The van der Waals surface area contributed by atoms with Gasteiger partial charge in [-0.25, -0.2) is 0 Å². The molecule has 4 nitrogen and oxygen atoms in total. The summed E-state index contributed by atoms with van der Waals surface area (Å²) in [7, 11) is 0. The molecule has 0 heterocycles. The van der Waals surface area contributed by atoms with Gasteiger partial charge < -0.3 is 10.6 Å². The molecule has 2 N–H and O–H groups in total. The molecule has 19 heavy (non-hydrogen) atoms. The van der Waals surface area contributed by atoms with E-state index in [-0.39, 0.29) is 5.91 Å². The summed E-state index contributed by atoms with van der Waals surface area (Å²) in [4.78, 5) is 14.2. The average Bonchev–Trinajstić information content (AvgIpc) is 2.36. The van der Waals surface area contributed by atoms with Gasteiger partial charge >= 0.3 is 0 Å². The van der Waals surface area contributed by atoms with Crippen molar-refractivity contribution >= 4 is 11.6 Å². The summed E-state index contributed by atoms with van der Waals surface area (Å²) in [5.74, 6) is 0.263.